The second kappa shape index (κ2) is 5.06. The van der Waals surface area contributed by atoms with Crippen LogP contribution in [0.3, 0.4) is 0 Å². The van der Waals surface area contributed by atoms with Crippen molar-refractivity contribution in [3.8, 4) is 17.6 Å². The number of esters is 1. The van der Waals surface area contributed by atoms with E-state index in [0.29, 0.717) is 5.56 Å². The zero-order valence-electron chi connectivity index (χ0n) is 8.70. The maximum Gasteiger partial charge on any atom is 0.317 e. The SMILES string of the molecule is COC(=O)CC#Cc1cc(C)cc(O)c1. The van der Waals surface area contributed by atoms with Gasteiger partial charge in [0.25, 0.3) is 0 Å². The van der Waals surface area contributed by atoms with Gasteiger partial charge in [0.2, 0.25) is 0 Å². The summed E-state index contributed by atoms with van der Waals surface area (Å²) in [5.74, 6) is 5.27. The number of hydrogen-bond donors (Lipinski definition) is 1. The second-order valence-electron chi connectivity index (χ2n) is 3.11. The van der Waals surface area contributed by atoms with Crippen LogP contribution in [0.15, 0.2) is 18.2 Å². The van der Waals surface area contributed by atoms with Crippen molar-refractivity contribution in [2.45, 2.75) is 13.3 Å². The van der Waals surface area contributed by atoms with Crippen LogP contribution in [-0.4, -0.2) is 18.2 Å². The Bertz CT molecular complexity index is 404. The van der Waals surface area contributed by atoms with E-state index in [9.17, 15) is 9.90 Å². The quantitative estimate of drug-likeness (QED) is 0.558. The molecular weight excluding hydrogens is 192 g/mol. The molecule has 0 unspecified atom stereocenters. The van der Waals surface area contributed by atoms with Gasteiger partial charge in [0.15, 0.2) is 0 Å². The number of rotatable bonds is 1. The summed E-state index contributed by atoms with van der Waals surface area (Å²) in [6.45, 7) is 1.87. The van der Waals surface area contributed by atoms with Crippen molar-refractivity contribution >= 4 is 5.97 Å². The minimum absolute atomic E-state index is 0.0607. The molecule has 3 nitrogen and oxygen atoms in total. The van der Waals surface area contributed by atoms with Crippen LogP contribution in [0.4, 0.5) is 0 Å². The zero-order valence-corrected chi connectivity index (χ0v) is 8.70. The van der Waals surface area contributed by atoms with Gasteiger partial charge in [-0.25, -0.2) is 0 Å². The summed E-state index contributed by atoms with van der Waals surface area (Å²) >= 11 is 0. The van der Waals surface area contributed by atoms with Crippen LogP contribution in [0.2, 0.25) is 0 Å². The van der Waals surface area contributed by atoms with Crippen molar-refractivity contribution in [3.05, 3.63) is 29.3 Å². The summed E-state index contributed by atoms with van der Waals surface area (Å²) in [7, 11) is 1.32. The van der Waals surface area contributed by atoms with Crippen LogP contribution in [0.25, 0.3) is 0 Å². The molecule has 15 heavy (non-hydrogen) atoms. The number of methoxy groups -OCH3 is 1. The van der Waals surface area contributed by atoms with Gasteiger partial charge in [-0.1, -0.05) is 11.8 Å². The van der Waals surface area contributed by atoms with E-state index in [1.54, 1.807) is 12.1 Å². The Kier molecular flexibility index (Phi) is 3.75. The third kappa shape index (κ3) is 3.74. The Morgan fingerprint density at radius 2 is 2.20 bits per heavy atom. The zero-order chi connectivity index (χ0) is 11.3. The van der Waals surface area contributed by atoms with Crippen LogP contribution in [0.1, 0.15) is 17.5 Å². The fraction of sp³-hybridized carbons (Fsp3) is 0.250. The van der Waals surface area contributed by atoms with Crippen LogP contribution >= 0.6 is 0 Å². The maximum atomic E-state index is 10.8. The van der Waals surface area contributed by atoms with Crippen molar-refractivity contribution in [2.24, 2.45) is 0 Å². The molecule has 1 N–H and O–H groups in total. The van der Waals surface area contributed by atoms with E-state index in [1.165, 1.54) is 7.11 Å². The molecule has 0 saturated heterocycles. The monoisotopic (exact) mass is 204 g/mol. The van der Waals surface area contributed by atoms with E-state index >= 15 is 0 Å². The van der Waals surface area contributed by atoms with Gasteiger partial charge >= 0.3 is 5.97 Å². The van der Waals surface area contributed by atoms with Gasteiger partial charge in [-0.05, 0) is 30.7 Å². The van der Waals surface area contributed by atoms with E-state index in [2.05, 4.69) is 16.6 Å². The van der Waals surface area contributed by atoms with Gasteiger partial charge in [0, 0.05) is 5.56 Å². The summed E-state index contributed by atoms with van der Waals surface area (Å²) in [6.07, 6.45) is 0.0607. The molecule has 0 aliphatic rings. The summed E-state index contributed by atoms with van der Waals surface area (Å²) in [4.78, 5) is 10.8. The highest BCUT2D eigenvalue weighted by Gasteiger charge is 1.95. The first kappa shape index (κ1) is 11.1. The van der Waals surface area contributed by atoms with Crippen LogP contribution in [-0.2, 0) is 9.53 Å². The minimum Gasteiger partial charge on any atom is -0.508 e. The Morgan fingerprint density at radius 1 is 1.47 bits per heavy atom. The van der Waals surface area contributed by atoms with Gasteiger partial charge in [0.1, 0.15) is 12.2 Å². The number of carbonyl (C=O) groups excluding carboxylic acids is 1. The molecular formula is C12H12O3. The second-order valence-corrected chi connectivity index (χ2v) is 3.11. The molecule has 0 atom stereocenters. The number of phenols is 1. The number of aromatic hydroxyl groups is 1. The Balaban J connectivity index is 2.75. The first-order valence-electron chi connectivity index (χ1n) is 4.48. The number of benzene rings is 1. The van der Waals surface area contributed by atoms with Gasteiger partial charge in [-0.3, -0.25) is 4.79 Å². The van der Waals surface area contributed by atoms with E-state index in [0.717, 1.165) is 5.56 Å². The van der Waals surface area contributed by atoms with Crippen LogP contribution in [0, 0.1) is 18.8 Å². The molecule has 3 heteroatoms. The molecule has 0 bridgehead atoms. The molecule has 0 radical (unpaired) electrons. The van der Waals surface area contributed by atoms with Crippen molar-refractivity contribution < 1.29 is 14.6 Å². The third-order valence-corrected chi connectivity index (χ3v) is 1.76. The van der Waals surface area contributed by atoms with Gasteiger partial charge in [-0.15, -0.1) is 0 Å². The van der Waals surface area contributed by atoms with Gasteiger partial charge in [0.05, 0.1) is 7.11 Å². The van der Waals surface area contributed by atoms with E-state index in [-0.39, 0.29) is 18.1 Å². The predicted molar refractivity (Wildman–Crippen MR) is 56.4 cm³/mol. The molecule has 1 aromatic carbocycles. The average Bonchev–Trinajstić information content (AvgIpc) is 2.16. The highest BCUT2D eigenvalue weighted by atomic mass is 16.5. The normalized spacial score (nSPS) is 8.93. The smallest absolute Gasteiger partial charge is 0.317 e. The average molecular weight is 204 g/mol. The number of hydrogen-bond acceptors (Lipinski definition) is 3. The summed E-state index contributed by atoms with van der Waals surface area (Å²) in [6, 6.07) is 5.03. The predicted octanol–water partition coefficient (Wildman–Crippen LogP) is 1.62. The lowest BCUT2D eigenvalue weighted by molar-refractivity contribution is -0.139. The maximum absolute atomic E-state index is 10.8. The van der Waals surface area contributed by atoms with Crippen molar-refractivity contribution in [1.29, 1.82) is 0 Å². The standard InChI is InChI=1S/C12H12O3/c1-9-6-10(8-11(13)7-9)4-3-5-12(14)15-2/h6-8,13H,5H2,1-2H3. The summed E-state index contributed by atoms with van der Waals surface area (Å²) in [5.41, 5.74) is 1.62. The molecule has 0 aromatic heterocycles. The van der Waals surface area contributed by atoms with E-state index in [1.807, 2.05) is 13.0 Å². The van der Waals surface area contributed by atoms with Crippen molar-refractivity contribution in [1.82, 2.24) is 0 Å². The number of ether oxygens (including phenoxy) is 1. The third-order valence-electron chi connectivity index (χ3n) is 1.76. The van der Waals surface area contributed by atoms with E-state index < -0.39 is 0 Å². The van der Waals surface area contributed by atoms with Crippen LogP contribution < -0.4 is 0 Å². The first-order valence-corrected chi connectivity index (χ1v) is 4.48. The highest BCUT2D eigenvalue weighted by Crippen LogP contribution is 2.13. The fourth-order valence-corrected chi connectivity index (χ4v) is 1.13. The lowest BCUT2D eigenvalue weighted by Gasteiger charge is -1.96. The number of aryl methyl sites for hydroxylation is 1. The Hall–Kier alpha value is -1.95. The molecule has 0 aliphatic heterocycles. The van der Waals surface area contributed by atoms with E-state index in [4.69, 9.17) is 0 Å². The number of phenolic OH excluding ortho intramolecular Hbond substituents is 1. The fourth-order valence-electron chi connectivity index (χ4n) is 1.13. The van der Waals surface area contributed by atoms with Gasteiger partial charge in [-0.2, -0.15) is 0 Å². The minimum atomic E-state index is -0.362. The molecule has 0 spiro atoms. The molecule has 0 saturated carbocycles. The Morgan fingerprint density at radius 3 is 2.80 bits per heavy atom. The molecule has 0 amide bonds. The van der Waals surface area contributed by atoms with Gasteiger partial charge < -0.3 is 9.84 Å². The number of carbonyl (C=O) groups is 1. The largest absolute Gasteiger partial charge is 0.508 e. The van der Waals surface area contributed by atoms with Crippen LogP contribution in [0.5, 0.6) is 5.75 Å². The lowest BCUT2D eigenvalue weighted by atomic mass is 10.1. The Labute approximate surface area is 88.7 Å². The highest BCUT2D eigenvalue weighted by molar-refractivity contribution is 5.72. The lowest BCUT2D eigenvalue weighted by Crippen LogP contribution is -1.97. The molecule has 78 valence electrons. The topological polar surface area (TPSA) is 46.5 Å². The first-order chi connectivity index (χ1) is 7.11. The summed E-state index contributed by atoms with van der Waals surface area (Å²) in [5, 5.41) is 9.29. The molecule has 0 heterocycles. The molecule has 0 aliphatic carbocycles. The van der Waals surface area contributed by atoms with Crippen molar-refractivity contribution in [2.75, 3.05) is 7.11 Å². The molecule has 0 fully saturated rings. The summed E-state index contributed by atoms with van der Waals surface area (Å²) < 4.78 is 4.44. The molecule has 1 aromatic rings. The van der Waals surface area contributed by atoms with Crippen molar-refractivity contribution in [3.63, 3.8) is 0 Å². The molecule has 1 rings (SSSR count).